The molecule has 0 heterocycles. The molecule has 0 aliphatic carbocycles. The van der Waals surface area contributed by atoms with Gasteiger partial charge in [-0.15, -0.1) is 0 Å². The van der Waals surface area contributed by atoms with Gasteiger partial charge in [0.2, 0.25) is 10.0 Å². The first kappa shape index (κ1) is 14.8. The van der Waals surface area contributed by atoms with Crippen LogP contribution in [0.1, 0.15) is 46.1 Å². The molecule has 0 aliphatic heterocycles. The number of rotatable bonds is 3. The van der Waals surface area contributed by atoms with Crippen molar-refractivity contribution < 1.29 is 13.5 Å². The van der Waals surface area contributed by atoms with E-state index in [2.05, 4.69) is 4.72 Å². The first-order valence-corrected chi connectivity index (χ1v) is 7.38. The number of aromatic hydroxyl groups is 1. The molecule has 0 aliphatic rings. The van der Waals surface area contributed by atoms with Gasteiger partial charge in [0, 0.05) is 6.07 Å². The van der Waals surface area contributed by atoms with E-state index in [4.69, 9.17) is 0 Å². The third kappa shape index (κ3) is 3.16. The van der Waals surface area contributed by atoms with Crippen molar-refractivity contribution in [3.8, 4) is 5.75 Å². The minimum atomic E-state index is -3.46. The standard InChI is InChI=1S/C13H21NO3S/c1-9(2)11-7-6-10(8-12(11)15)14-18(16,17)13(3,4)5/h6-9,14-15H,1-5H3. The third-order valence-corrected chi connectivity index (χ3v) is 4.83. The minimum absolute atomic E-state index is 0.110. The zero-order valence-electron chi connectivity index (χ0n) is 11.5. The Hall–Kier alpha value is -1.23. The van der Waals surface area contributed by atoms with E-state index in [0.29, 0.717) is 5.69 Å². The highest BCUT2D eigenvalue weighted by atomic mass is 32.2. The molecule has 0 bridgehead atoms. The molecular weight excluding hydrogens is 250 g/mol. The Morgan fingerprint density at radius 3 is 2.17 bits per heavy atom. The van der Waals surface area contributed by atoms with Gasteiger partial charge in [0.25, 0.3) is 0 Å². The van der Waals surface area contributed by atoms with Crippen molar-refractivity contribution in [3.05, 3.63) is 23.8 Å². The van der Waals surface area contributed by atoms with Crippen LogP contribution in [0.15, 0.2) is 18.2 Å². The number of nitrogens with one attached hydrogen (secondary N) is 1. The molecule has 0 spiro atoms. The number of hydrogen-bond donors (Lipinski definition) is 2. The van der Waals surface area contributed by atoms with Gasteiger partial charge in [-0.25, -0.2) is 8.42 Å². The maximum Gasteiger partial charge on any atom is 0.237 e. The van der Waals surface area contributed by atoms with Crippen LogP contribution in [0, 0.1) is 0 Å². The average Bonchev–Trinajstić information content (AvgIpc) is 2.14. The highest BCUT2D eigenvalue weighted by Gasteiger charge is 2.29. The highest BCUT2D eigenvalue weighted by molar-refractivity contribution is 7.94. The molecular formula is C13H21NO3S. The van der Waals surface area contributed by atoms with E-state index in [0.717, 1.165) is 5.56 Å². The number of hydrogen-bond acceptors (Lipinski definition) is 3. The fraction of sp³-hybridized carbons (Fsp3) is 0.538. The fourth-order valence-corrected chi connectivity index (χ4v) is 2.15. The van der Waals surface area contributed by atoms with Gasteiger partial charge in [-0.3, -0.25) is 4.72 Å². The minimum Gasteiger partial charge on any atom is -0.508 e. The van der Waals surface area contributed by atoms with Crippen molar-refractivity contribution in [3.63, 3.8) is 0 Å². The smallest absolute Gasteiger partial charge is 0.237 e. The molecule has 5 heteroatoms. The second kappa shape index (κ2) is 4.80. The molecule has 0 fully saturated rings. The van der Waals surface area contributed by atoms with E-state index in [1.165, 1.54) is 6.07 Å². The fourth-order valence-electron chi connectivity index (χ4n) is 1.40. The van der Waals surface area contributed by atoms with Gasteiger partial charge in [0.15, 0.2) is 0 Å². The molecule has 1 rings (SSSR count). The summed E-state index contributed by atoms with van der Waals surface area (Å²) in [5.41, 5.74) is 1.18. The lowest BCUT2D eigenvalue weighted by atomic mass is 10.0. The van der Waals surface area contributed by atoms with Crippen LogP contribution in [-0.4, -0.2) is 18.3 Å². The predicted octanol–water partition coefficient (Wildman–Crippen LogP) is 3.06. The molecule has 0 atom stereocenters. The number of sulfonamides is 1. The molecule has 0 aromatic heterocycles. The molecule has 0 saturated heterocycles. The Bertz CT molecular complexity index is 528. The van der Waals surface area contributed by atoms with Crippen molar-refractivity contribution in [1.82, 2.24) is 0 Å². The molecule has 102 valence electrons. The maximum absolute atomic E-state index is 12.0. The molecule has 1 aromatic rings. The zero-order chi connectivity index (χ0) is 14.1. The van der Waals surface area contributed by atoms with Gasteiger partial charge in [0.05, 0.1) is 10.4 Å². The topological polar surface area (TPSA) is 66.4 Å². The molecule has 4 nitrogen and oxygen atoms in total. The highest BCUT2D eigenvalue weighted by Crippen LogP contribution is 2.29. The summed E-state index contributed by atoms with van der Waals surface area (Å²) in [6.45, 7) is 8.80. The van der Waals surface area contributed by atoms with Crippen LogP contribution < -0.4 is 4.72 Å². The molecule has 0 unspecified atom stereocenters. The van der Waals surface area contributed by atoms with Crippen molar-refractivity contribution in [1.29, 1.82) is 0 Å². The van der Waals surface area contributed by atoms with Gasteiger partial charge in [-0.2, -0.15) is 0 Å². The van der Waals surface area contributed by atoms with Gasteiger partial charge < -0.3 is 5.11 Å². The van der Waals surface area contributed by atoms with Crippen molar-refractivity contribution >= 4 is 15.7 Å². The van der Waals surface area contributed by atoms with Crippen LogP contribution in [0.5, 0.6) is 5.75 Å². The second-order valence-electron chi connectivity index (χ2n) is 5.65. The van der Waals surface area contributed by atoms with E-state index in [-0.39, 0.29) is 11.7 Å². The first-order valence-electron chi connectivity index (χ1n) is 5.90. The SMILES string of the molecule is CC(C)c1ccc(NS(=O)(=O)C(C)(C)C)cc1O. The first-order chi connectivity index (χ1) is 8.04. The maximum atomic E-state index is 12.0. The van der Waals surface area contributed by atoms with E-state index in [1.807, 2.05) is 13.8 Å². The van der Waals surface area contributed by atoms with Crippen LogP contribution in [0.25, 0.3) is 0 Å². The lowest BCUT2D eigenvalue weighted by Gasteiger charge is -2.21. The van der Waals surface area contributed by atoms with Gasteiger partial charge >= 0.3 is 0 Å². The quantitative estimate of drug-likeness (QED) is 0.888. The van der Waals surface area contributed by atoms with Gasteiger partial charge in [-0.05, 0) is 38.3 Å². The lowest BCUT2D eigenvalue weighted by Crippen LogP contribution is -2.33. The van der Waals surface area contributed by atoms with E-state index in [1.54, 1.807) is 32.9 Å². The number of anilines is 1. The summed E-state index contributed by atoms with van der Waals surface area (Å²) in [7, 11) is -3.46. The van der Waals surface area contributed by atoms with Crippen molar-refractivity contribution in [2.24, 2.45) is 0 Å². The number of benzene rings is 1. The van der Waals surface area contributed by atoms with Crippen LogP contribution >= 0.6 is 0 Å². The summed E-state index contributed by atoms with van der Waals surface area (Å²) in [5.74, 6) is 0.303. The van der Waals surface area contributed by atoms with Crippen molar-refractivity contribution in [2.45, 2.75) is 45.3 Å². The number of phenolic OH excluding ortho intramolecular Hbond substituents is 1. The summed E-state index contributed by atoms with van der Waals surface area (Å²) in [6.07, 6.45) is 0. The Labute approximate surface area is 109 Å². The average molecular weight is 271 g/mol. The van der Waals surface area contributed by atoms with Crippen LogP contribution in [-0.2, 0) is 10.0 Å². The Kier molecular flexibility index (Phi) is 3.96. The number of phenols is 1. The Morgan fingerprint density at radius 1 is 1.22 bits per heavy atom. The summed E-state index contributed by atoms with van der Waals surface area (Å²) in [4.78, 5) is 0. The normalized spacial score (nSPS) is 12.8. The summed E-state index contributed by atoms with van der Waals surface area (Å²) in [5, 5.41) is 9.83. The van der Waals surface area contributed by atoms with Crippen LogP contribution in [0.2, 0.25) is 0 Å². The zero-order valence-corrected chi connectivity index (χ0v) is 12.3. The van der Waals surface area contributed by atoms with E-state index >= 15 is 0 Å². The second-order valence-corrected chi connectivity index (χ2v) is 8.08. The van der Waals surface area contributed by atoms with Crippen LogP contribution in [0.3, 0.4) is 0 Å². The van der Waals surface area contributed by atoms with Gasteiger partial charge in [0.1, 0.15) is 5.75 Å². The van der Waals surface area contributed by atoms with E-state index < -0.39 is 14.8 Å². The van der Waals surface area contributed by atoms with E-state index in [9.17, 15) is 13.5 Å². The largest absolute Gasteiger partial charge is 0.508 e. The molecule has 1 aromatic carbocycles. The lowest BCUT2D eigenvalue weighted by molar-refractivity contribution is 0.465. The molecule has 2 N–H and O–H groups in total. The molecule has 0 radical (unpaired) electrons. The predicted molar refractivity (Wildman–Crippen MR) is 74.5 cm³/mol. The third-order valence-electron chi connectivity index (χ3n) is 2.71. The Balaban J connectivity index is 3.05. The van der Waals surface area contributed by atoms with Crippen molar-refractivity contribution in [2.75, 3.05) is 4.72 Å². The van der Waals surface area contributed by atoms with Gasteiger partial charge in [-0.1, -0.05) is 19.9 Å². The molecule has 0 saturated carbocycles. The molecule has 0 amide bonds. The monoisotopic (exact) mass is 271 g/mol. The molecule has 18 heavy (non-hydrogen) atoms. The Morgan fingerprint density at radius 2 is 1.78 bits per heavy atom. The van der Waals surface area contributed by atoms with Crippen LogP contribution in [0.4, 0.5) is 5.69 Å². The summed E-state index contributed by atoms with van der Waals surface area (Å²) in [6, 6.07) is 4.84. The summed E-state index contributed by atoms with van der Waals surface area (Å²) >= 11 is 0. The summed E-state index contributed by atoms with van der Waals surface area (Å²) < 4.78 is 25.5.